The van der Waals surface area contributed by atoms with Gasteiger partial charge in [0.05, 0.1) is 0 Å². The Morgan fingerprint density at radius 1 is 1.22 bits per heavy atom. The summed E-state index contributed by atoms with van der Waals surface area (Å²) in [6, 6.07) is 7.48. The number of thioether (sulfide) groups is 1. The highest BCUT2D eigenvalue weighted by molar-refractivity contribution is 7.99. The van der Waals surface area contributed by atoms with Crippen molar-refractivity contribution >= 4 is 11.8 Å². The van der Waals surface area contributed by atoms with Gasteiger partial charge in [-0.05, 0) is 25.6 Å². The average Bonchev–Trinajstić information content (AvgIpc) is 2.40. The summed E-state index contributed by atoms with van der Waals surface area (Å²) >= 11 is 1.61. The second-order valence-electron chi connectivity index (χ2n) is 4.58. The first-order valence-electron chi connectivity index (χ1n) is 6.82. The second-order valence-corrected chi connectivity index (χ2v) is 5.64. The van der Waals surface area contributed by atoms with Crippen LogP contribution in [-0.4, -0.2) is 18.8 Å². The van der Waals surface area contributed by atoms with E-state index in [1.807, 2.05) is 19.2 Å². The van der Waals surface area contributed by atoms with Crippen LogP contribution in [0.5, 0.6) is 0 Å². The van der Waals surface area contributed by atoms with Gasteiger partial charge < -0.3 is 5.32 Å². The predicted molar refractivity (Wildman–Crippen MR) is 78.7 cm³/mol. The van der Waals surface area contributed by atoms with Crippen molar-refractivity contribution in [1.29, 1.82) is 0 Å². The molecule has 1 atom stereocenters. The molecule has 1 aromatic carbocycles. The van der Waals surface area contributed by atoms with Crippen molar-refractivity contribution in [1.82, 2.24) is 5.32 Å². The third-order valence-electron chi connectivity index (χ3n) is 3.09. The van der Waals surface area contributed by atoms with Crippen LogP contribution in [0, 0.1) is 5.82 Å². The molecule has 0 saturated heterocycles. The van der Waals surface area contributed by atoms with Crippen LogP contribution in [0.2, 0.25) is 0 Å². The Bertz CT molecular complexity index is 330. The van der Waals surface area contributed by atoms with Crippen LogP contribution in [0.15, 0.2) is 29.2 Å². The van der Waals surface area contributed by atoms with Gasteiger partial charge >= 0.3 is 0 Å². The van der Waals surface area contributed by atoms with Gasteiger partial charge in [-0.3, -0.25) is 0 Å². The van der Waals surface area contributed by atoms with Crippen molar-refractivity contribution in [3.63, 3.8) is 0 Å². The second kappa shape index (κ2) is 9.40. The molecule has 0 aliphatic rings. The van der Waals surface area contributed by atoms with Gasteiger partial charge in [-0.1, -0.05) is 44.7 Å². The maximum absolute atomic E-state index is 13.5. The summed E-state index contributed by atoms with van der Waals surface area (Å²) in [5.41, 5.74) is 0. The largest absolute Gasteiger partial charge is 0.316 e. The van der Waals surface area contributed by atoms with E-state index in [0.717, 1.165) is 10.6 Å². The Hall–Kier alpha value is -0.540. The van der Waals surface area contributed by atoms with E-state index in [1.165, 1.54) is 38.2 Å². The fraction of sp³-hybridized carbons (Fsp3) is 0.600. The molecule has 1 nitrogen and oxygen atoms in total. The van der Waals surface area contributed by atoms with Crippen LogP contribution in [0.3, 0.4) is 0 Å². The summed E-state index contributed by atoms with van der Waals surface area (Å²) < 4.78 is 13.5. The molecular weight excluding hydrogens is 245 g/mol. The molecule has 0 aliphatic heterocycles. The first-order valence-corrected chi connectivity index (χ1v) is 7.81. The summed E-state index contributed by atoms with van der Waals surface area (Å²) in [5, 5.41) is 3.33. The first kappa shape index (κ1) is 15.5. The molecule has 3 heteroatoms. The molecule has 0 heterocycles. The van der Waals surface area contributed by atoms with Crippen LogP contribution in [-0.2, 0) is 0 Å². The summed E-state index contributed by atoms with van der Waals surface area (Å²) in [6.07, 6.45) is 6.33. The lowest BCUT2D eigenvalue weighted by Gasteiger charge is -2.15. The molecule has 0 bridgehead atoms. The smallest absolute Gasteiger partial charge is 0.136 e. The highest BCUT2D eigenvalue weighted by Crippen LogP contribution is 2.23. The highest BCUT2D eigenvalue weighted by Gasteiger charge is 2.08. The van der Waals surface area contributed by atoms with Crippen LogP contribution in [0.4, 0.5) is 4.39 Å². The number of halogens is 1. The fourth-order valence-electron chi connectivity index (χ4n) is 1.88. The highest BCUT2D eigenvalue weighted by atomic mass is 32.2. The zero-order valence-corrected chi connectivity index (χ0v) is 12.2. The van der Waals surface area contributed by atoms with Gasteiger partial charge in [0.25, 0.3) is 0 Å². The Labute approximate surface area is 115 Å². The lowest BCUT2D eigenvalue weighted by Crippen LogP contribution is -2.27. The normalized spacial score (nSPS) is 12.6. The van der Waals surface area contributed by atoms with E-state index in [1.54, 1.807) is 17.8 Å². The molecule has 1 N–H and O–H groups in total. The molecule has 0 saturated carbocycles. The Morgan fingerprint density at radius 3 is 2.67 bits per heavy atom. The van der Waals surface area contributed by atoms with E-state index < -0.39 is 0 Å². The van der Waals surface area contributed by atoms with Gasteiger partial charge in [0.1, 0.15) is 5.82 Å². The lowest BCUT2D eigenvalue weighted by atomic mass is 10.1. The fourth-order valence-corrected chi connectivity index (χ4v) is 2.98. The minimum atomic E-state index is -0.108. The van der Waals surface area contributed by atoms with Crippen molar-refractivity contribution < 1.29 is 4.39 Å². The topological polar surface area (TPSA) is 12.0 Å². The molecule has 102 valence electrons. The zero-order chi connectivity index (χ0) is 13.2. The third kappa shape index (κ3) is 5.87. The predicted octanol–water partition coefficient (Wildman–Crippen LogP) is 4.48. The molecule has 0 fully saturated rings. The number of unbranched alkanes of at least 4 members (excludes halogenated alkanes) is 3. The molecular formula is C15H24FNS. The molecule has 0 amide bonds. The summed E-state index contributed by atoms with van der Waals surface area (Å²) in [6.45, 7) is 2.23. The molecule has 1 aromatic rings. The van der Waals surface area contributed by atoms with Gasteiger partial charge in [-0.25, -0.2) is 4.39 Å². The van der Waals surface area contributed by atoms with Crippen molar-refractivity contribution in [3.05, 3.63) is 30.1 Å². The molecule has 0 aromatic heterocycles. The first-order chi connectivity index (χ1) is 8.77. The maximum atomic E-state index is 13.5. The average molecular weight is 269 g/mol. The molecule has 1 unspecified atom stereocenters. The van der Waals surface area contributed by atoms with Gasteiger partial charge in [-0.2, -0.15) is 0 Å². The lowest BCUT2D eigenvalue weighted by molar-refractivity contribution is 0.523. The molecule has 0 aliphatic carbocycles. The minimum absolute atomic E-state index is 0.108. The molecule has 18 heavy (non-hydrogen) atoms. The number of hydrogen-bond donors (Lipinski definition) is 1. The Morgan fingerprint density at radius 2 is 2.00 bits per heavy atom. The van der Waals surface area contributed by atoms with E-state index >= 15 is 0 Å². The van der Waals surface area contributed by atoms with Crippen LogP contribution >= 0.6 is 11.8 Å². The summed E-state index contributed by atoms with van der Waals surface area (Å²) in [4.78, 5) is 0.756. The van der Waals surface area contributed by atoms with Crippen LogP contribution in [0.1, 0.15) is 39.0 Å². The number of benzene rings is 1. The standard InChI is InChI=1S/C15H24FNS/c1-3-4-5-6-9-13(17-2)12-18-15-11-8-7-10-14(15)16/h7-8,10-11,13,17H,3-6,9,12H2,1-2H3. The van der Waals surface area contributed by atoms with E-state index in [9.17, 15) is 4.39 Å². The minimum Gasteiger partial charge on any atom is -0.316 e. The van der Waals surface area contributed by atoms with Gasteiger partial charge in [0, 0.05) is 16.7 Å². The van der Waals surface area contributed by atoms with Gasteiger partial charge in [0.2, 0.25) is 0 Å². The number of nitrogens with one attached hydrogen (secondary N) is 1. The Balaban J connectivity index is 2.29. The van der Waals surface area contributed by atoms with E-state index in [2.05, 4.69) is 12.2 Å². The quantitative estimate of drug-likeness (QED) is 0.524. The van der Waals surface area contributed by atoms with Crippen molar-refractivity contribution in [3.8, 4) is 0 Å². The molecule has 1 rings (SSSR count). The van der Waals surface area contributed by atoms with E-state index in [-0.39, 0.29) is 5.82 Å². The van der Waals surface area contributed by atoms with Gasteiger partial charge in [-0.15, -0.1) is 11.8 Å². The van der Waals surface area contributed by atoms with Crippen molar-refractivity contribution in [2.75, 3.05) is 12.8 Å². The van der Waals surface area contributed by atoms with Gasteiger partial charge in [0.15, 0.2) is 0 Å². The Kier molecular flexibility index (Phi) is 8.10. The van der Waals surface area contributed by atoms with Crippen LogP contribution in [0.25, 0.3) is 0 Å². The summed E-state index contributed by atoms with van der Waals surface area (Å²) in [7, 11) is 1.99. The molecule has 0 spiro atoms. The zero-order valence-electron chi connectivity index (χ0n) is 11.4. The number of hydrogen-bond acceptors (Lipinski definition) is 2. The third-order valence-corrected chi connectivity index (χ3v) is 4.30. The molecule has 0 radical (unpaired) electrons. The maximum Gasteiger partial charge on any atom is 0.136 e. The SMILES string of the molecule is CCCCCCC(CSc1ccccc1F)NC. The summed E-state index contributed by atoms with van der Waals surface area (Å²) in [5.74, 6) is 0.826. The van der Waals surface area contributed by atoms with Crippen molar-refractivity contribution in [2.24, 2.45) is 0 Å². The van der Waals surface area contributed by atoms with E-state index in [0.29, 0.717) is 6.04 Å². The van der Waals surface area contributed by atoms with Crippen molar-refractivity contribution in [2.45, 2.75) is 50.0 Å². The number of rotatable bonds is 9. The monoisotopic (exact) mass is 269 g/mol. The van der Waals surface area contributed by atoms with Crippen LogP contribution < -0.4 is 5.32 Å². The van der Waals surface area contributed by atoms with E-state index in [4.69, 9.17) is 0 Å².